The summed E-state index contributed by atoms with van der Waals surface area (Å²) in [5.41, 5.74) is 0.270. The lowest BCUT2D eigenvalue weighted by molar-refractivity contribution is 0.0945. The van der Waals surface area contributed by atoms with E-state index in [2.05, 4.69) is 28.5 Å². The van der Waals surface area contributed by atoms with E-state index in [-0.39, 0.29) is 16.8 Å². The summed E-state index contributed by atoms with van der Waals surface area (Å²) in [5, 5.41) is 10.4. The van der Waals surface area contributed by atoms with Crippen LogP contribution >= 0.6 is 22.9 Å². The minimum Gasteiger partial charge on any atom is -0.346 e. The smallest absolute Gasteiger partial charge is 0.272 e. The molecule has 0 aliphatic heterocycles. The highest BCUT2D eigenvalue weighted by atomic mass is 35.5. The zero-order valence-corrected chi connectivity index (χ0v) is 11.4. The molecule has 0 saturated carbocycles. The van der Waals surface area contributed by atoms with E-state index in [1.54, 1.807) is 23.5 Å². The molecule has 0 spiro atoms. The number of rotatable bonds is 4. The Balaban J connectivity index is 1.93. The number of hydrogen-bond donors (Lipinski definition) is 1. The van der Waals surface area contributed by atoms with Gasteiger partial charge in [-0.3, -0.25) is 4.79 Å². The normalized spacial score (nSPS) is 10.3. The van der Waals surface area contributed by atoms with Crippen molar-refractivity contribution in [3.63, 3.8) is 0 Å². The molecule has 18 heavy (non-hydrogen) atoms. The molecule has 0 fully saturated rings. The van der Waals surface area contributed by atoms with E-state index in [1.807, 2.05) is 6.07 Å². The minimum absolute atomic E-state index is 0.245. The number of carbonyl (C=O) groups excluding carboxylic acids is 1. The maximum absolute atomic E-state index is 11.8. The van der Waals surface area contributed by atoms with Crippen molar-refractivity contribution in [3.8, 4) is 0 Å². The summed E-state index contributed by atoms with van der Waals surface area (Å²) in [6.07, 6.45) is 1.02. The van der Waals surface area contributed by atoms with Gasteiger partial charge in [0.15, 0.2) is 10.8 Å². The van der Waals surface area contributed by atoms with Gasteiger partial charge in [0, 0.05) is 9.75 Å². The summed E-state index contributed by atoms with van der Waals surface area (Å²) in [7, 11) is 0. The minimum atomic E-state index is -0.245. The molecule has 2 rings (SSSR count). The summed E-state index contributed by atoms with van der Waals surface area (Å²) in [6, 6.07) is 7.20. The fraction of sp³-hybridized carbons (Fsp3) is 0.250. The molecule has 6 heteroatoms. The van der Waals surface area contributed by atoms with Crippen molar-refractivity contribution in [3.05, 3.63) is 44.9 Å². The van der Waals surface area contributed by atoms with E-state index in [1.165, 1.54) is 4.88 Å². The molecule has 1 N–H and O–H groups in total. The molecule has 0 bridgehead atoms. The van der Waals surface area contributed by atoms with Gasteiger partial charge in [-0.25, -0.2) is 0 Å². The largest absolute Gasteiger partial charge is 0.346 e. The number of nitrogens with one attached hydrogen (secondary N) is 1. The molecule has 2 aromatic rings. The van der Waals surface area contributed by atoms with Crippen LogP contribution in [0.3, 0.4) is 0 Å². The number of amides is 1. The van der Waals surface area contributed by atoms with Crippen molar-refractivity contribution in [2.45, 2.75) is 19.9 Å². The first-order valence-corrected chi connectivity index (χ1v) is 6.73. The van der Waals surface area contributed by atoms with Crippen LogP contribution in [0.1, 0.15) is 27.2 Å². The van der Waals surface area contributed by atoms with Crippen LogP contribution in [0.4, 0.5) is 0 Å². The lowest BCUT2D eigenvalue weighted by Crippen LogP contribution is -2.23. The Morgan fingerprint density at radius 2 is 2.06 bits per heavy atom. The molecule has 0 saturated heterocycles. The van der Waals surface area contributed by atoms with Gasteiger partial charge >= 0.3 is 0 Å². The molecule has 1 amide bonds. The second-order valence-electron chi connectivity index (χ2n) is 3.65. The van der Waals surface area contributed by atoms with Crippen molar-refractivity contribution < 1.29 is 4.79 Å². The first kappa shape index (κ1) is 13.0. The maximum atomic E-state index is 11.8. The predicted octanol–water partition coefficient (Wildman–Crippen LogP) is 2.68. The average Bonchev–Trinajstić information content (AvgIpc) is 2.85. The van der Waals surface area contributed by atoms with Gasteiger partial charge < -0.3 is 5.32 Å². The fourth-order valence-corrected chi connectivity index (χ4v) is 2.40. The highest BCUT2D eigenvalue weighted by molar-refractivity contribution is 7.11. The number of aromatic nitrogens is 2. The molecule has 0 aromatic carbocycles. The summed E-state index contributed by atoms with van der Waals surface area (Å²) >= 11 is 7.31. The lowest BCUT2D eigenvalue weighted by atomic mass is 10.3. The van der Waals surface area contributed by atoms with Gasteiger partial charge in [-0.05, 0) is 30.7 Å². The quantitative estimate of drug-likeness (QED) is 0.937. The number of halogens is 1. The second-order valence-corrected chi connectivity index (χ2v) is 5.29. The molecule has 0 radical (unpaired) electrons. The van der Waals surface area contributed by atoms with Crippen LogP contribution < -0.4 is 5.32 Å². The van der Waals surface area contributed by atoms with E-state index < -0.39 is 0 Å². The van der Waals surface area contributed by atoms with Crippen LogP contribution in [0, 0.1) is 0 Å². The summed E-state index contributed by atoms with van der Waals surface area (Å²) in [5.74, 6) is -0.245. The zero-order valence-electron chi connectivity index (χ0n) is 9.81. The molecular weight excluding hydrogens is 270 g/mol. The van der Waals surface area contributed by atoms with Crippen molar-refractivity contribution in [1.82, 2.24) is 15.5 Å². The Hall–Kier alpha value is -1.46. The summed E-state index contributed by atoms with van der Waals surface area (Å²) in [6.45, 7) is 2.62. The van der Waals surface area contributed by atoms with E-state index >= 15 is 0 Å². The molecule has 2 aromatic heterocycles. The highest BCUT2D eigenvalue weighted by Crippen LogP contribution is 2.16. The zero-order chi connectivity index (χ0) is 13.0. The Morgan fingerprint density at radius 3 is 2.67 bits per heavy atom. The molecular formula is C12H12ClN3OS. The first-order valence-electron chi connectivity index (χ1n) is 5.54. The number of thiophene rings is 1. The van der Waals surface area contributed by atoms with E-state index in [0.717, 1.165) is 11.3 Å². The maximum Gasteiger partial charge on any atom is 0.272 e. The topological polar surface area (TPSA) is 54.9 Å². The number of hydrogen-bond acceptors (Lipinski definition) is 4. The van der Waals surface area contributed by atoms with E-state index in [4.69, 9.17) is 11.6 Å². The van der Waals surface area contributed by atoms with Gasteiger partial charge in [0.2, 0.25) is 0 Å². The third kappa shape index (κ3) is 3.27. The van der Waals surface area contributed by atoms with Crippen LogP contribution in [0.15, 0.2) is 24.3 Å². The molecule has 0 aliphatic rings. The second kappa shape index (κ2) is 5.93. The molecule has 2 heterocycles. The molecule has 0 unspecified atom stereocenters. The molecule has 0 atom stereocenters. The van der Waals surface area contributed by atoms with Crippen LogP contribution in [-0.2, 0) is 13.0 Å². The predicted molar refractivity (Wildman–Crippen MR) is 71.9 cm³/mol. The number of aryl methyl sites for hydroxylation is 1. The summed E-state index contributed by atoms with van der Waals surface area (Å²) in [4.78, 5) is 14.2. The van der Waals surface area contributed by atoms with Crippen molar-refractivity contribution >= 4 is 28.8 Å². The van der Waals surface area contributed by atoms with Gasteiger partial charge in [0.25, 0.3) is 5.91 Å². The van der Waals surface area contributed by atoms with Crippen molar-refractivity contribution in [2.24, 2.45) is 0 Å². The van der Waals surface area contributed by atoms with E-state index in [9.17, 15) is 4.79 Å². The molecule has 4 nitrogen and oxygen atoms in total. The SMILES string of the molecule is CCc1ccc(CNC(=O)c2ccc(Cl)nn2)s1. The number of carbonyl (C=O) groups is 1. The molecule has 0 aliphatic carbocycles. The van der Waals surface area contributed by atoms with Gasteiger partial charge in [-0.15, -0.1) is 21.5 Å². The van der Waals surface area contributed by atoms with E-state index in [0.29, 0.717) is 6.54 Å². The fourth-order valence-electron chi connectivity index (χ4n) is 1.40. The van der Waals surface area contributed by atoms with Crippen LogP contribution in [0.2, 0.25) is 5.15 Å². The standard InChI is InChI=1S/C12H12ClN3OS/c1-2-8-3-4-9(18-8)7-14-12(17)10-5-6-11(13)16-15-10/h3-6H,2,7H2,1H3,(H,14,17). The third-order valence-corrected chi connectivity index (χ3v) is 3.78. The van der Waals surface area contributed by atoms with Crippen LogP contribution in [0.25, 0.3) is 0 Å². The number of nitrogens with zero attached hydrogens (tertiary/aromatic N) is 2. The van der Waals surface area contributed by atoms with Gasteiger partial charge in [-0.2, -0.15) is 0 Å². The highest BCUT2D eigenvalue weighted by Gasteiger charge is 2.08. The Labute approximate surface area is 114 Å². The van der Waals surface area contributed by atoms with Gasteiger partial charge in [-0.1, -0.05) is 18.5 Å². The van der Waals surface area contributed by atoms with Gasteiger partial charge in [0.05, 0.1) is 6.54 Å². The van der Waals surface area contributed by atoms with Crippen molar-refractivity contribution in [2.75, 3.05) is 0 Å². The Kier molecular flexibility index (Phi) is 4.28. The van der Waals surface area contributed by atoms with Gasteiger partial charge in [0.1, 0.15) is 0 Å². The first-order chi connectivity index (χ1) is 8.69. The molecule has 94 valence electrons. The van der Waals surface area contributed by atoms with Crippen LogP contribution in [-0.4, -0.2) is 16.1 Å². The monoisotopic (exact) mass is 281 g/mol. The average molecular weight is 282 g/mol. The van der Waals surface area contributed by atoms with Crippen LogP contribution in [0.5, 0.6) is 0 Å². The third-order valence-electron chi connectivity index (χ3n) is 2.35. The summed E-state index contributed by atoms with van der Waals surface area (Å²) < 4.78 is 0. The lowest BCUT2D eigenvalue weighted by Gasteiger charge is -2.02. The Bertz CT molecular complexity index is 539. The Morgan fingerprint density at radius 1 is 1.28 bits per heavy atom. The van der Waals surface area contributed by atoms with Crippen molar-refractivity contribution in [1.29, 1.82) is 0 Å².